The van der Waals surface area contributed by atoms with Gasteiger partial charge in [-0.1, -0.05) is 12.2 Å². The summed E-state index contributed by atoms with van der Waals surface area (Å²) in [6.07, 6.45) is 0.745. The van der Waals surface area contributed by atoms with Gasteiger partial charge in [0.25, 0.3) is 0 Å². The first-order valence-corrected chi connectivity index (χ1v) is 5.26. The predicted molar refractivity (Wildman–Crippen MR) is 60.6 cm³/mol. The van der Waals surface area contributed by atoms with Gasteiger partial charge in [0.1, 0.15) is 10.5 Å². The predicted octanol–water partition coefficient (Wildman–Crippen LogP) is 1.65. The molecular formula is C10H16N2O2S. The van der Waals surface area contributed by atoms with Crippen molar-refractivity contribution in [3.05, 3.63) is 22.2 Å². The van der Waals surface area contributed by atoms with Crippen LogP contribution in [0.4, 0.5) is 0 Å². The zero-order valence-electron chi connectivity index (χ0n) is 9.08. The third-order valence-electron chi connectivity index (χ3n) is 1.84. The lowest BCUT2D eigenvalue weighted by atomic mass is 10.4. The molecule has 15 heavy (non-hydrogen) atoms. The summed E-state index contributed by atoms with van der Waals surface area (Å²) >= 11 is 5.02. The summed E-state index contributed by atoms with van der Waals surface area (Å²) in [6, 6.07) is 1.84. The zero-order chi connectivity index (χ0) is 11.1. The van der Waals surface area contributed by atoms with E-state index in [9.17, 15) is 0 Å². The number of hydrogen-bond acceptors (Lipinski definition) is 4. The van der Waals surface area contributed by atoms with E-state index < -0.39 is 0 Å². The lowest BCUT2D eigenvalue weighted by Gasteiger charge is -2.04. The summed E-state index contributed by atoms with van der Waals surface area (Å²) in [5.41, 5.74) is 1.03. The van der Waals surface area contributed by atoms with E-state index in [1.165, 1.54) is 0 Å². The Kier molecular flexibility index (Phi) is 5.45. The van der Waals surface area contributed by atoms with E-state index in [0.717, 1.165) is 17.9 Å². The molecule has 1 aromatic rings. The maximum absolute atomic E-state index is 5.34. The van der Waals surface area contributed by atoms with Gasteiger partial charge in [-0.15, -0.1) is 0 Å². The summed E-state index contributed by atoms with van der Waals surface area (Å²) in [6.45, 7) is 3.83. The maximum atomic E-state index is 5.34. The largest absolute Gasteiger partial charge is 0.382 e. The van der Waals surface area contributed by atoms with Gasteiger partial charge in [0.2, 0.25) is 0 Å². The van der Waals surface area contributed by atoms with Crippen LogP contribution in [0.15, 0.2) is 6.07 Å². The minimum Gasteiger partial charge on any atom is -0.382 e. The molecule has 1 rings (SSSR count). The molecule has 0 spiro atoms. The topological polar surface area (TPSA) is 47.1 Å². The third kappa shape index (κ3) is 5.01. The molecule has 0 aliphatic carbocycles. The second-order valence-electron chi connectivity index (χ2n) is 3.20. The van der Waals surface area contributed by atoms with Crippen LogP contribution >= 0.6 is 12.2 Å². The average molecular weight is 228 g/mol. The summed E-state index contributed by atoms with van der Waals surface area (Å²) in [4.78, 5) is 7.35. The fourth-order valence-corrected chi connectivity index (χ4v) is 1.46. The Labute approximate surface area is 94.6 Å². The minimum absolute atomic E-state index is 0.614. The van der Waals surface area contributed by atoms with E-state index in [1.54, 1.807) is 7.11 Å². The first-order valence-electron chi connectivity index (χ1n) is 4.86. The Bertz CT molecular complexity index is 352. The number of nitrogens with zero attached hydrogens (tertiary/aromatic N) is 1. The fraction of sp³-hybridized carbons (Fsp3) is 0.600. The summed E-state index contributed by atoms with van der Waals surface area (Å²) in [7, 11) is 1.66. The highest BCUT2D eigenvalue weighted by Gasteiger charge is 1.96. The smallest absolute Gasteiger partial charge is 0.129 e. The average Bonchev–Trinajstić information content (AvgIpc) is 2.16. The third-order valence-corrected chi connectivity index (χ3v) is 2.05. The molecule has 84 valence electrons. The van der Waals surface area contributed by atoms with Crippen molar-refractivity contribution in [1.82, 2.24) is 9.97 Å². The van der Waals surface area contributed by atoms with Crippen molar-refractivity contribution < 1.29 is 9.47 Å². The van der Waals surface area contributed by atoms with Crippen LogP contribution in [0.5, 0.6) is 0 Å². The molecule has 1 N–H and O–H groups in total. The number of ether oxygens (including phenoxy) is 2. The number of nitrogens with one attached hydrogen (secondary N) is 1. The maximum Gasteiger partial charge on any atom is 0.129 e. The van der Waals surface area contributed by atoms with Gasteiger partial charge < -0.3 is 14.5 Å². The van der Waals surface area contributed by atoms with Crippen molar-refractivity contribution in [1.29, 1.82) is 0 Å². The van der Waals surface area contributed by atoms with Gasteiger partial charge in [-0.25, -0.2) is 4.98 Å². The van der Waals surface area contributed by atoms with Crippen LogP contribution in [0.3, 0.4) is 0 Å². The summed E-state index contributed by atoms with van der Waals surface area (Å²) in [5, 5.41) is 0. The molecule has 0 fully saturated rings. The monoisotopic (exact) mass is 228 g/mol. The van der Waals surface area contributed by atoms with E-state index in [-0.39, 0.29) is 0 Å². The first-order chi connectivity index (χ1) is 7.22. The van der Waals surface area contributed by atoms with Gasteiger partial charge in [-0.05, 0) is 13.0 Å². The lowest BCUT2D eigenvalue weighted by Crippen LogP contribution is -2.07. The molecule has 1 aromatic heterocycles. The molecule has 5 heteroatoms. The van der Waals surface area contributed by atoms with Crippen LogP contribution in [0.2, 0.25) is 0 Å². The number of rotatable bonds is 6. The molecule has 1 heterocycles. The fourth-order valence-electron chi connectivity index (χ4n) is 1.17. The van der Waals surface area contributed by atoms with E-state index in [4.69, 9.17) is 21.7 Å². The number of H-pyrrole nitrogens is 1. The minimum atomic E-state index is 0.614. The molecule has 0 aliphatic heterocycles. The Morgan fingerprint density at radius 2 is 2.20 bits per heavy atom. The number of aryl methyl sites for hydroxylation is 1. The molecule has 0 unspecified atom stereocenters. The van der Waals surface area contributed by atoms with Crippen molar-refractivity contribution in [3.8, 4) is 0 Å². The normalized spacial score (nSPS) is 10.5. The molecule has 0 saturated heterocycles. The first kappa shape index (κ1) is 12.3. The Balaban J connectivity index is 2.34. The van der Waals surface area contributed by atoms with Crippen LogP contribution in [-0.2, 0) is 15.9 Å². The van der Waals surface area contributed by atoms with Crippen LogP contribution in [-0.4, -0.2) is 36.9 Å². The van der Waals surface area contributed by atoms with Crippen molar-refractivity contribution in [3.63, 3.8) is 0 Å². The molecule has 0 radical (unpaired) electrons. The molecule has 0 amide bonds. The van der Waals surface area contributed by atoms with Gasteiger partial charge >= 0.3 is 0 Å². The van der Waals surface area contributed by atoms with E-state index >= 15 is 0 Å². The zero-order valence-corrected chi connectivity index (χ0v) is 9.89. The van der Waals surface area contributed by atoms with Crippen LogP contribution < -0.4 is 0 Å². The SMILES string of the molecule is COCCOCCc1nc(=S)cc(C)[nH]1. The molecule has 0 saturated carbocycles. The second-order valence-corrected chi connectivity index (χ2v) is 3.62. The number of aromatic nitrogens is 2. The molecule has 0 atom stereocenters. The molecule has 4 nitrogen and oxygen atoms in total. The number of aromatic amines is 1. The summed E-state index contributed by atoms with van der Waals surface area (Å²) < 4.78 is 10.8. The quantitative estimate of drug-likeness (QED) is 0.594. The van der Waals surface area contributed by atoms with Gasteiger partial charge in [0.05, 0.1) is 19.8 Å². The van der Waals surface area contributed by atoms with Crippen molar-refractivity contribution in [2.45, 2.75) is 13.3 Å². The van der Waals surface area contributed by atoms with Crippen LogP contribution in [0.1, 0.15) is 11.5 Å². The highest BCUT2D eigenvalue weighted by Crippen LogP contribution is 1.97. The molecule has 0 aromatic carbocycles. The van der Waals surface area contributed by atoms with E-state index in [0.29, 0.717) is 24.5 Å². The van der Waals surface area contributed by atoms with Gasteiger partial charge in [-0.3, -0.25) is 0 Å². The Morgan fingerprint density at radius 1 is 1.40 bits per heavy atom. The van der Waals surface area contributed by atoms with Gasteiger partial charge in [-0.2, -0.15) is 0 Å². The summed E-state index contributed by atoms with van der Waals surface area (Å²) in [5.74, 6) is 0.873. The highest BCUT2D eigenvalue weighted by atomic mass is 32.1. The van der Waals surface area contributed by atoms with Crippen molar-refractivity contribution in [2.75, 3.05) is 26.9 Å². The van der Waals surface area contributed by atoms with Crippen LogP contribution in [0, 0.1) is 11.6 Å². The van der Waals surface area contributed by atoms with E-state index in [1.807, 2.05) is 13.0 Å². The van der Waals surface area contributed by atoms with E-state index in [2.05, 4.69) is 9.97 Å². The van der Waals surface area contributed by atoms with Crippen LogP contribution in [0.25, 0.3) is 0 Å². The van der Waals surface area contributed by atoms with Crippen molar-refractivity contribution >= 4 is 12.2 Å². The molecular weight excluding hydrogens is 212 g/mol. The molecule has 0 aliphatic rings. The van der Waals surface area contributed by atoms with Crippen molar-refractivity contribution in [2.24, 2.45) is 0 Å². The highest BCUT2D eigenvalue weighted by molar-refractivity contribution is 7.71. The van der Waals surface area contributed by atoms with Gasteiger partial charge in [0.15, 0.2) is 0 Å². The second kappa shape index (κ2) is 6.66. The molecule has 0 bridgehead atoms. The number of methoxy groups -OCH3 is 1. The Hall–Kier alpha value is -0.780. The Morgan fingerprint density at radius 3 is 2.87 bits per heavy atom. The van der Waals surface area contributed by atoms with Gasteiger partial charge in [0, 0.05) is 19.2 Å². The lowest BCUT2D eigenvalue weighted by molar-refractivity contribution is 0.0716. The number of hydrogen-bond donors (Lipinski definition) is 1. The standard InChI is InChI=1S/C10H16N2O2S/c1-8-7-10(15)12-9(11-8)3-4-14-6-5-13-2/h7H,3-6H2,1-2H3,(H,11,12,15).